The van der Waals surface area contributed by atoms with E-state index in [1.54, 1.807) is 31.4 Å². The van der Waals surface area contributed by atoms with E-state index in [1.165, 1.54) is 7.11 Å². The van der Waals surface area contributed by atoms with Crippen LogP contribution < -0.4 is 4.74 Å². The summed E-state index contributed by atoms with van der Waals surface area (Å²) in [6.07, 6.45) is 0. The predicted octanol–water partition coefficient (Wildman–Crippen LogP) is 5.10. The second kappa shape index (κ2) is 8.02. The number of esters is 1. The van der Waals surface area contributed by atoms with Gasteiger partial charge >= 0.3 is 5.97 Å². The maximum Gasteiger partial charge on any atom is 0.327 e. The van der Waals surface area contributed by atoms with Gasteiger partial charge in [0.1, 0.15) is 5.75 Å². The second-order valence-corrected chi connectivity index (χ2v) is 8.94. The lowest BCUT2D eigenvalue weighted by Crippen LogP contribution is -2.59. The van der Waals surface area contributed by atoms with E-state index >= 15 is 0 Å². The van der Waals surface area contributed by atoms with Gasteiger partial charge in [0.25, 0.3) is 5.91 Å². The number of carbonyl (C=O) groups excluding carboxylic acids is 2. The average molecular weight is 474 g/mol. The molecule has 5 nitrogen and oxygen atoms in total. The van der Waals surface area contributed by atoms with Crippen LogP contribution in [0.3, 0.4) is 0 Å². The van der Waals surface area contributed by atoms with Crippen molar-refractivity contribution in [3.05, 3.63) is 125 Å². The van der Waals surface area contributed by atoms with Gasteiger partial charge in [0, 0.05) is 0 Å². The number of rotatable bonds is 4. The molecule has 0 fully saturated rings. The van der Waals surface area contributed by atoms with Crippen LogP contribution in [0.4, 0.5) is 0 Å². The fraction of sp³-hybridized carbons (Fsp3) is 0.129. The van der Waals surface area contributed by atoms with Gasteiger partial charge in [0.15, 0.2) is 5.41 Å². The SMILES string of the molecule is COC(=O)C1(c2ccc(OC)cc2)C(=O)N=C(c2ccccc2)C12c1ccccc1-c1ccccc12. The van der Waals surface area contributed by atoms with Crippen molar-refractivity contribution in [3.63, 3.8) is 0 Å². The minimum atomic E-state index is -1.78. The molecule has 176 valence electrons. The van der Waals surface area contributed by atoms with E-state index in [9.17, 15) is 9.59 Å². The molecule has 1 unspecified atom stereocenters. The Kier molecular flexibility index (Phi) is 4.90. The molecule has 5 heteroatoms. The first kappa shape index (κ1) is 22.0. The van der Waals surface area contributed by atoms with E-state index in [0.717, 1.165) is 27.8 Å². The Hall–Kier alpha value is -4.51. The largest absolute Gasteiger partial charge is 0.497 e. The van der Waals surface area contributed by atoms with Gasteiger partial charge in [-0.1, -0.05) is 91.0 Å². The standard InChI is InChI=1S/C31H23NO4/c1-35-22-18-16-21(17-19-22)30(29(34)36-2)28(33)32-27(20-10-4-3-5-11-20)31(30)25-14-8-6-12-23(25)24-13-7-9-15-26(24)31/h3-19H,1-2H3. The molecular formula is C31H23NO4. The molecule has 0 bridgehead atoms. The van der Waals surface area contributed by atoms with Crippen LogP contribution in [0.2, 0.25) is 0 Å². The van der Waals surface area contributed by atoms with Crippen molar-refractivity contribution in [2.75, 3.05) is 14.2 Å². The van der Waals surface area contributed by atoms with E-state index in [2.05, 4.69) is 4.99 Å². The highest BCUT2D eigenvalue weighted by molar-refractivity contribution is 6.32. The highest BCUT2D eigenvalue weighted by Gasteiger charge is 2.73. The third-order valence-electron chi connectivity index (χ3n) is 7.47. The van der Waals surface area contributed by atoms with Crippen molar-refractivity contribution in [1.82, 2.24) is 0 Å². The molecule has 1 atom stereocenters. The maximum absolute atomic E-state index is 14.3. The van der Waals surface area contributed by atoms with Crippen LogP contribution in [-0.2, 0) is 25.2 Å². The van der Waals surface area contributed by atoms with Crippen molar-refractivity contribution in [1.29, 1.82) is 0 Å². The molecule has 4 aromatic carbocycles. The third kappa shape index (κ3) is 2.57. The molecule has 1 aliphatic heterocycles. The number of benzene rings is 4. The predicted molar refractivity (Wildman–Crippen MR) is 137 cm³/mol. The summed E-state index contributed by atoms with van der Waals surface area (Å²) in [6.45, 7) is 0. The van der Waals surface area contributed by atoms with Crippen molar-refractivity contribution in [3.8, 4) is 16.9 Å². The fourth-order valence-electron chi connectivity index (χ4n) is 6.07. The molecule has 6 rings (SSSR count). The molecule has 0 N–H and O–H groups in total. The first-order valence-corrected chi connectivity index (χ1v) is 11.7. The number of methoxy groups -OCH3 is 2. The Balaban J connectivity index is 1.82. The summed E-state index contributed by atoms with van der Waals surface area (Å²) in [5.41, 5.74) is 2.43. The number of hydrogen-bond donors (Lipinski definition) is 0. The van der Waals surface area contributed by atoms with Crippen molar-refractivity contribution < 1.29 is 19.1 Å². The van der Waals surface area contributed by atoms with Gasteiger partial charge in [0.05, 0.1) is 25.3 Å². The molecule has 2 aliphatic rings. The van der Waals surface area contributed by atoms with Gasteiger partial charge in [0.2, 0.25) is 0 Å². The maximum atomic E-state index is 14.3. The zero-order valence-corrected chi connectivity index (χ0v) is 19.9. The summed E-state index contributed by atoms with van der Waals surface area (Å²) >= 11 is 0. The van der Waals surface area contributed by atoms with E-state index < -0.39 is 22.7 Å². The number of amides is 1. The minimum Gasteiger partial charge on any atom is -0.497 e. The Morgan fingerprint density at radius 3 is 1.83 bits per heavy atom. The molecule has 1 aliphatic carbocycles. The van der Waals surface area contributed by atoms with E-state index in [1.807, 2.05) is 78.9 Å². The zero-order valence-electron chi connectivity index (χ0n) is 19.9. The normalized spacial score (nSPS) is 18.9. The number of aliphatic imine (C=N–C) groups is 1. The molecule has 36 heavy (non-hydrogen) atoms. The summed E-state index contributed by atoms with van der Waals surface area (Å²) in [6, 6.07) is 32.5. The first-order chi connectivity index (χ1) is 17.6. The topological polar surface area (TPSA) is 65.0 Å². The van der Waals surface area contributed by atoms with E-state index in [4.69, 9.17) is 9.47 Å². The Morgan fingerprint density at radius 2 is 1.28 bits per heavy atom. The van der Waals surface area contributed by atoms with Crippen molar-refractivity contribution >= 4 is 17.6 Å². The van der Waals surface area contributed by atoms with Crippen LogP contribution in [0.15, 0.2) is 108 Å². The molecular weight excluding hydrogens is 450 g/mol. The number of hydrogen-bond acceptors (Lipinski definition) is 4. The van der Waals surface area contributed by atoms with Gasteiger partial charge in [-0.05, 0) is 45.5 Å². The third-order valence-corrected chi connectivity index (χ3v) is 7.47. The van der Waals surface area contributed by atoms with Crippen LogP contribution in [0.1, 0.15) is 22.3 Å². The van der Waals surface area contributed by atoms with Gasteiger partial charge in [-0.25, -0.2) is 4.99 Å². The molecule has 0 aromatic heterocycles. The molecule has 0 radical (unpaired) electrons. The summed E-state index contributed by atoms with van der Waals surface area (Å²) < 4.78 is 10.8. The minimum absolute atomic E-state index is 0.501. The Labute approximate surface area is 209 Å². The molecule has 1 heterocycles. The van der Waals surface area contributed by atoms with Crippen LogP contribution in [0.25, 0.3) is 11.1 Å². The van der Waals surface area contributed by atoms with Crippen LogP contribution in [0, 0.1) is 0 Å². The highest BCUT2D eigenvalue weighted by atomic mass is 16.5. The number of nitrogens with zero attached hydrogens (tertiary/aromatic N) is 1. The molecule has 0 saturated carbocycles. The molecule has 1 amide bonds. The first-order valence-electron chi connectivity index (χ1n) is 11.7. The van der Waals surface area contributed by atoms with Gasteiger partial charge < -0.3 is 9.47 Å². The number of carbonyl (C=O) groups is 2. The Morgan fingerprint density at radius 1 is 0.722 bits per heavy atom. The van der Waals surface area contributed by atoms with Gasteiger partial charge in [-0.2, -0.15) is 0 Å². The summed E-state index contributed by atoms with van der Waals surface area (Å²) in [4.78, 5) is 33.1. The van der Waals surface area contributed by atoms with Crippen molar-refractivity contribution in [2.24, 2.45) is 4.99 Å². The highest BCUT2D eigenvalue weighted by Crippen LogP contribution is 2.62. The lowest BCUT2D eigenvalue weighted by Gasteiger charge is -2.42. The smallest absolute Gasteiger partial charge is 0.327 e. The monoisotopic (exact) mass is 473 g/mol. The molecule has 0 saturated heterocycles. The summed E-state index contributed by atoms with van der Waals surface area (Å²) in [7, 11) is 2.90. The van der Waals surface area contributed by atoms with Crippen LogP contribution >= 0.6 is 0 Å². The van der Waals surface area contributed by atoms with Crippen LogP contribution in [-0.4, -0.2) is 31.8 Å². The molecule has 4 aromatic rings. The van der Waals surface area contributed by atoms with Crippen molar-refractivity contribution in [2.45, 2.75) is 10.8 Å². The number of ether oxygens (including phenoxy) is 2. The Bertz CT molecular complexity index is 1490. The quantitative estimate of drug-likeness (QED) is 0.306. The average Bonchev–Trinajstić information content (AvgIpc) is 3.40. The number of fused-ring (bicyclic) bond motifs is 5. The summed E-state index contributed by atoms with van der Waals surface area (Å²) in [5, 5.41) is 0. The van der Waals surface area contributed by atoms with E-state index in [0.29, 0.717) is 17.0 Å². The van der Waals surface area contributed by atoms with E-state index in [-0.39, 0.29) is 0 Å². The fourth-order valence-corrected chi connectivity index (χ4v) is 6.07. The van der Waals surface area contributed by atoms with Crippen LogP contribution in [0.5, 0.6) is 5.75 Å². The van der Waals surface area contributed by atoms with Gasteiger partial charge in [-0.3, -0.25) is 9.59 Å². The molecule has 1 spiro atoms. The zero-order chi connectivity index (χ0) is 24.9. The van der Waals surface area contributed by atoms with Gasteiger partial charge in [-0.15, -0.1) is 0 Å². The second-order valence-electron chi connectivity index (χ2n) is 8.94. The summed E-state index contributed by atoms with van der Waals surface area (Å²) in [5.74, 6) is -0.585. The lowest BCUT2D eigenvalue weighted by molar-refractivity contribution is -0.152. The lowest BCUT2D eigenvalue weighted by atomic mass is 9.54.